The predicted molar refractivity (Wildman–Crippen MR) is 86.3 cm³/mol. The maximum absolute atomic E-state index is 3.70. The molecule has 1 nitrogen and oxygen atoms in total. The first-order valence-corrected chi connectivity index (χ1v) is 7.78. The minimum Gasteiger partial charge on any atom is -0.382 e. The lowest BCUT2D eigenvalue weighted by Crippen LogP contribution is -2.26. The number of para-hydroxylation sites is 1. The van der Waals surface area contributed by atoms with Crippen molar-refractivity contribution in [2.24, 2.45) is 0 Å². The molecule has 0 fully saturated rings. The Hall–Kier alpha value is -1.76. The van der Waals surface area contributed by atoms with Crippen molar-refractivity contribution >= 4 is 5.69 Å². The third kappa shape index (κ3) is 2.87. The van der Waals surface area contributed by atoms with Gasteiger partial charge in [0, 0.05) is 11.7 Å². The summed E-state index contributed by atoms with van der Waals surface area (Å²) in [6.07, 6.45) is 6.01. The molecule has 2 aromatic carbocycles. The zero-order valence-corrected chi connectivity index (χ0v) is 12.2. The number of rotatable bonds is 4. The molecular weight excluding hydrogens is 242 g/mol. The summed E-state index contributed by atoms with van der Waals surface area (Å²) in [4.78, 5) is 0. The highest BCUT2D eigenvalue weighted by molar-refractivity contribution is 5.53. The number of aryl methyl sites for hydroxylation is 3. The highest BCUT2D eigenvalue weighted by Crippen LogP contribution is 2.26. The van der Waals surface area contributed by atoms with Gasteiger partial charge in [-0.15, -0.1) is 0 Å². The Bertz CT molecular complexity index is 573. The predicted octanol–water partition coefficient (Wildman–Crippen LogP) is 4.61. The molecular formula is C19H23N. The van der Waals surface area contributed by atoms with E-state index in [1.807, 2.05) is 0 Å². The number of fused-ring (bicyclic) bond motifs is 1. The molecule has 0 amide bonds. The molecule has 3 rings (SSSR count). The molecule has 0 aliphatic carbocycles. The Morgan fingerprint density at radius 1 is 1.00 bits per heavy atom. The molecule has 0 radical (unpaired) electrons. The Morgan fingerprint density at radius 2 is 1.75 bits per heavy atom. The fourth-order valence-electron chi connectivity index (χ4n) is 3.19. The smallest absolute Gasteiger partial charge is 0.0374 e. The van der Waals surface area contributed by atoms with Crippen LogP contribution in [0.3, 0.4) is 0 Å². The largest absolute Gasteiger partial charge is 0.382 e. The van der Waals surface area contributed by atoms with Gasteiger partial charge in [0.05, 0.1) is 0 Å². The first-order valence-electron chi connectivity index (χ1n) is 7.78. The van der Waals surface area contributed by atoms with Gasteiger partial charge in [0.25, 0.3) is 0 Å². The van der Waals surface area contributed by atoms with Gasteiger partial charge in [0.15, 0.2) is 0 Å². The summed E-state index contributed by atoms with van der Waals surface area (Å²) in [6, 6.07) is 18.2. The molecule has 0 aromatic heterocycles. The van der Waals surface area contributed by atoms with Crippen molar-refractivity contribution in [2.75, 3.05) is 5.32 Å². The van der Waals surface area contributed by atoms with Crippen molar-refractivity contribution in [3.05, 3.63) is 65.2 Å². The van der Waals surface area contributed by atoms with Gasteiger partial charge < -0.3 is 5.32 Å². The van der Waals surface area contributed by atoms with Crippen LogP contribution in [0.4, 0.5) is 5.69 Å². The van der Waals surface area contributed by atoms with E-state index in [0.717, 1.165) is 6.42 Å². The minimum atomic E-state index is 0.620. The van der Waals surface area contributed by atoms with Crippen LogP contribution in [-0.4, -0.2) is 6.04 Å². The van der Waals surface area contributed by atoms with Gasteiger partial charge in [0.2, 0.25) is 0 Å². The number of benzene rings is 2. The maximum Gasteiger partial charge on any atom is 0.0374 e. The van der Waals surface area contributed by atoms with Gasteiger partial charge in [-0.25, -0.2) is 0 Å². The topological polar surface area (TPSA) is 12.0 Å². The van der Waals surface area contributed by atoms with Crippen LogP contribution in [0, 0.1) is 0 Å². The Kier molecular flexibility index (Phi) is 4.05. The summed E-state index contributed by atoms with van der Waals surface area (Å²) in [5, 5.41) is 3.70. The summed E-state index contributed by atoms with van der Waals surface area (Å²) in [5.41, 5.74) is 5.84. The molecule has 0 spiro atoms. The highest BCUT2D eigenvalue weighted by Gasteiger charge is 2.17. The monoisotopic (exact) mass is 265 g/mol. The molecule has 0 saturated heterocycles. The quantitative estimate of drug-likeness (QED) is 0.851. The lowest BCUT2D eigenvalue weighted by molar-refractivity contribution is 0.585. The lowest BCUT2D eigenvalue weighted by Gasteiger charge is -2.27. The van der Waals surface area contributed by atoms with Crippen molar-refractivity contribution < 1.29 is 0 Å². The van der Waals surface area contributed by atoms with E-state index in [9.17, 15) is 0 Å². The van der Waals surface area contributed by atoms with E-state index in [-0.39, 0.29) is 0 Å². The first kappa shape index (κ1) is 13.2. The molecule has 0 saturated carbocycles. The van der Waals surface area contributed by atoms with Crippen LogP contribution in [0.5, 0.6) is 0 Å². The van der Waals surface area contributed by atoms with Gasteiger partial charge >= 0.3 is 0 Å². The van der Waals surface area contributed by atoms with Crippen molar-refractivity contribution in [3.63, 3.8) is 0 Å². The van der Waals surface area contributed by atoms with Crippen LogP contribution in [0.1, 0.15) is 36.5 Å². The fraction of sp³-hybridized carbons (Fsp3) is 0.368. The summed E-state index contributed by atoms with van der Waals surface area (Å²) in [7, 11) is 0. The zero-order chi connectivity index (χ0) is 13.8. The molecule has 1 aliphatic heterocycles. The number of hydrogen-bond acceptors (Lipinski definition) is 1. The van der Waals surface area contributed by atoms with Crippen LogP contribution in [0.25, 0.3) is 0 Å². The third-order valence-electron chi connectivity index (χ3n) is 4.40. The second-order valence-electron chi connectivity index (χ2n) is 5.70. The van der Waals surface area contributed by atoms with Crippen molar-refractivity contribution in [2.45, 2.75) is 45.1 Å². The molecule has 1 heterocycles. The number of anilines is 1. The van der Waals surface area contributed by atoms with Crippen molar-refractivity contribution in [1.82, 2.24) is 0 Å². The lowest BCUT2D eigenvalue weighted by atomic mass is 9.92. The van der Waals surface area contributed by atoms with Gasteiger partial charge in [-0.1, -0.05) is 49.4 Å². The molecule has 2 aromatic rings. The van der Waals surface area contributed by atoms with E-state index in [2.05, 4.69) is 60.8 Å². The average molecular weight is 265 g/mol. The third-order valence-corrected chi connectivity index (χ3v) is 4.40. The highest BCUT2D eigenvalue weighted by atomic mass is 14.9. The summed E-state index contributed by atoms with van der Waals surface area (Å²) >= 11 is 0. The van der Waals surface area contributed by atoms with E-state index >= 15 is 0 Å². The first-order chi connectivity index (χ1) is 9.86. The Balaban J connectivity index is 1.63. The van der Waals surface area contributed by atoms with Crippen LogP contribution in [0.2, 0.25) is 0 Å². The van der Waals surface area contributed by atoms with Gasteiger partial charge in [-0.05, 0) is 54.9 Å². The summed E-state index contributed by atoms with van der Waals surface area (Å²) in [5.74, 6) is 0. The zero-order valence-electron chi connectivity index (χ0n) is 12.2. The van der Waals surface area contributed by atoms with Gasteiger partial charge in [-0.2, -0.15) is 0 Å². The van der Waals surface area contributed by atoms with Crippen molar-refractivity contribution in [3.8, 4) is 0 Å². The molecule has 1 heteroatoms. The van der Waals surface area contributed by atoms with Gasteiger partial charge in [0.1, 0.15) is 0 Å². The SMILES string of the molecule is CCc1ccccc1CCC1CCc2ccccc2N1. The van der Waals surface area contributed by atoms with Crippen LogP contribution >= 0.6 is 0 Å². The summed E-state index contributed by atoms with van der Waals surface area (Å²) in [6.45, 7) is 2.24. The standard InChI is InChI=1S/C19H23N/c1-2-15-7-3-4-8-16(15)11-13-18-14-12-17-9-5-6-10-19(17)20-18/h3-10,18,20H,2,11-14H2,1H3. The van der Waals surface area contributed by atoms with Crippen molar-refractivity contribution in [1.29, 1.82) is 0 Å². The molecule has 0 bridgehead atoms. The molecule has 104 valence electrons. The van der Waals surface area contributed by atoms with E-state index in [1.165, 1.54) is 48.1 Å². The van der Waals surface area contributed by atoms with E-state index in [0.29, 0.717) is 6.04 Å². The number of nitrogens with one attached hydrogen (secondary N) is 1. The number of hydrogen-bond donors (Lipinski definition) is 1. The van der Waals surface area contributed by atoms with Gasteiger partial charge in [-0.3, -0.25) is 0 Å². The van der Waals surface area contributed by atoms with Crippen LogP contribution in [0.15, 0.2) is 48.5 Å². The van der Waals surface area contributed by atoms with Crippen LogP contribution < -0.4 is 5.32 Å². The minimum absolute atomic E-state index is 0.620. The summed E-state index contributed by atoms with van der Waals surface area (Å²) < 4.78 is 0. The van der Waals surface area contributed by atoms with Crippen LogP contribution in [-0.2, 0) is 19.3 Å². The Labute approximate surface area is 122 Å². The van der Waals surface area contributed by atoms with E-state index < -0.39 is 0 Å². The van der Waals surface area contributed by atoms with E-state index in [1.54, 1.807) is 0 Å². The molecule has 20 heavy (non-hydrogen) atoms. The second-order valence-corrected chi connectivity index (χ2v) is 5.70. The Morgan fingerprint density at radius 3 is 2.60 bits per heavy atom. The molecule has 1 unspecified atom stereocenters. The second kappa shape index (κ2) is 6.13. The maximum atomic E-state index is 3.70. The fourth-order valence-corrected chi connectivity index (χ4v) is 3.19. The average Bonchev–Trinajstić information content (AvgIpc) is 2.53. The van der Waals surface area contributed by atoms with E-state index in [4.69, 9.17) is 0 Å². The normalized spacial score (nSPS) is 17.4. The molecule has 1 aliphatic rings. The molecule has 1 atom stereocenters. The molecule has 1 N–H and O–H groups in total.